The number of amides is 1. The van der Waals surface area contributed by atoms with Gasteiger partial charge >= 0.3 is 0 Å². The lowest BCUT2D eigenvalue weighted by Crippen LogP contribution is -2.29. The third-order valence-electron chi connectivity index (χ3n) is 1.36. The van der Waals surface area contributed by atoms with E-state index in [2.05, 4.69) is 10.3 Å². The molecule has 0 saturated heterocycles. The van der Waals surface area contributed by atoms with E-state index in [-0.39, 0.29) is 24.4 Å². The molecule has 0 bridgehead atoms. The maximum Gasteiger partial charge on any atom is 0.251 e. The molecule has 0 fully saturated rings. The topological polar surface area (TPSA) is 42.0 Å². The Morgan fingerprint density at radius 3 is 2.38 bits per heavy atom. The number of hydrogen-bond acceptors (Lipinski definition) is 2. The van der Waals surface area contributed by atoms with Crippen LogP contribution in [-0.4, -0.2) is 16.9 Å². The lowest BCUT2D eigenvalue weighted by atomic mass is 10.2. The van der Waals surface area contributed by atoms with Gasteiger partial charge in [-0.25, -0.2) is 0 Å². The molecule has 1 aromatic rings. The standard InChI is InChI=1S/C9H12N2O.ClH/c1-7(2)11-9(12)8-3-5-10-6-4-8;/h3-7H,1-2H3,(H,11,12);1H. The number of nitrogens with one attached hydrogen (secondary N) is 1. The second-order valence-electron chi connectivity index (χ2n) is 2.86. The van der Waals surface area contributed by atoms with E-state index in [0.29, 0.717) is 5.56 Å². The van der Waals surface area contributed by atoms with E-state index in [1.54, 1.807) is 24.5 Å². The predicted molar refractivity (Wildman–Crippen MR) is 54.1 cm³/mol. The zero-order chi connectivity index (χ0) is 8.97. The Labute approximate surface area is 84.0 Å². The molecule has 0 unspecified atom stereocenters. The largest absolute Gasteiger partial charge is 0.350 e. The first kappa shape index (κ1) is 11.9. The number of carbonyl (C=O) groups excluding carboxylic acids is 1. The van der Waals surface area contributed by atoms with Crippen LogP contribution in [0.15, 0.2) is 24.5 Å². The zero-order valence-corrected chi connectivity index (χ0v) is 8.47. The number of carbonyl (C=O) groups is 1. The van der Waals surface area contributed by atoms with E-state index in [1.807, 2.05) is 13.8 Å². The zero-order valence-electron chi connectivity index (χ0n) is 7.65. The monoisotopic (exact) mass is 200 g/mol. The summed E-state index contributed by atoms with van der Waals surface area (Å²) in [6.07, 6.45) is 3.21. The minimum atomic E-state index is -0.0487. The van der Waals surface area contributed by atoms with Crippen molar-refractivity contribution in [2.24, 2.45) is 0 Å². The van der Waals surface area contributed by atoms with Crippen molar-refractivity contribution in [2.45, 2.75) is 19.9 Å². The fourth-order valence-corrected chi connectivity index (χ4v) is 0.849. The highest BCUT2D eigenvalue weighted by Crippen LogP contribution is 1.95. The molecule has 1 amide bonds. The van der Waals surface area contributed by atoms with Gasteiger partial charge in [0, 0.05) is 24.0 Å². The average molecular weight is 201 g/mol. The fourth-order valence-electron chi connectivity index (χ4n) is 0.849. The van der Waals surface area contributed by atoms with Gasteiger partial charge in [-0.3, -0.25) is 9.78 Å². The van der Waals surface area contributed by atoms with Gasteiger partial charge in [0.25, 0.3) is 5.91 Å². The molecule has 0 aliphatic heterocycles. The highest BCUT2D eigenvalue weighted by Gasteiger charge is 2.04. The molecule has 1 rings (SSSR count). The fraction of sp³-hybridized carbons (Fsp3) is 0.333. The number of hydrogen-bond donors (Lipinski definition) is 1. The Morgan fingerprint density at radius 1 is 1.38 bits per heavy atom. The molecule has 1 aromatic heterocycles. The summed E-state index contributed by atoms with van der Waals surface area (Å²) in [5.74, 6) is -0.0487. The Hall–Kier alpha value is -1.09. The van der Waals surface area contributed by atoms with Crippen molar-refractivity contribution in [3.63, 3.8) is 0 Å². The summed E-state index contributed by atoms with van der Waals surface area (Å²) >= 11 is 0. The number of halogens is 1. The summed E-state index contributed by atoms with van der Waals surface area (Å²) in [4.78, 5) is 15.1. The van der Waals surface area contributed by atoms with Crippen molar-refractivity contribution in [1.82, 2.24) is 10.3 Å². The summed E-state index contributed by atoms with van der Waals surface area (Å²) in [6, 6.07) is 3.56. The quantitative estimate of drug-likeness (QED) is 0.789. The summed E-state index contributed by atoms with van der Waals surface area (Å²) in [5.41, 5.74) is 0.652. The molecular weight excluding hydrogens is 188 g/mol. The van der Waals surface area contributed by atoms with Gasteiger partial charge in [0.05, 0.1) is 0 Å². The normalized spacial score (nSPS) is 9.15. The van der Waals surface area contributed by atoms with Crippen molar-refractivity contribution >= 4 is 18.3 Å². The van der Waals surface area contributed by atoms with Gasteiger partial charge < -0.3 is 5.32 Å². The van der Waals surface area contributed by atoms with Crippen LogP contribution in [0.1, 0.15) is 24.2 Å². The highest BCUT2D eigenvalue weighted by atomic mass is 35.5. The Balaban J connectivity index is 0.00000144. The maximum atomic E-state index is 11.3. The van der Waals surface area contributed by atoms with Gasteiger partial charge in [-0.2, -0.15) is 0 Å². The van der Waals surface area contributed by atoms with E-state index in [4.69, 9.17) is 0 Å². The van der Waals surface area contributed by atoms with Crippen LogP contribution >= 0.6 is 12.4 Å². The smallest absolute Gasteiger partial charge is 0.251 e. The van der Waals surface area contributed by atoms with Crippen LogP contribution in [0.25, 0.3) is 0 Å². The maximum absolute atomic E-state index is 11.3. The first-order valence-electron chi connectivity index (χ1n) is 3.91. The minimum Gasteiger partial charge on any atom is -0.350 e. The van der Waals surface area contributed by atoms with Crippen LogP contribution in [0, 0.1) is 0 Å². The molecule has 0 atom stereocenters. The van der Waals surface area contributed by atoms with E-state index < -0.39 is 0 Å². The SMILES string of the molecule is CC(C)NC(=O)c1ccncc1.Cl. The molecule has 72 valence electrons. The average Bonchev–Trinajstić information content (AvgIpc) is 2.05. The van der Waals surface area contributed by atoms with Crippen LogP contribution in [0.4, 0.5) is 0 Å². The Morgan fingerprint density at radius 2 is 1.92 bits per heavy atom. The summed E-state index contributed by atoms with van der Waals surface area (Å²) in [6.45, 7) is 3.86. The van der Waals surface area contributed by atoms with Crippen LogP contribution < -0.4 is 5.32 Å². The molecule has 0 aliphatic rings. The summed E-state index contributed by atoms with van der Waals surface area (Å²) < 4.78 is 0. The van der Waals surface area contributed by atoms with Crippen LogP contribution in [0.2, 0.25) is 0 Å². The van der Waals surface area contributed by atoms with Gasteiger partial charge in [0.1, 0.15) is 0 Å². The lowest BCUT2D eigenvalue weighted by molar-refractivity contribution is 0.0943. The van der Waals surface area contributed by atoms with Gasteiger partial charge in [-0.05, 0) is 26.0 Å². The first-order chi connectivity index (χ1) is 5.70. The second kappa shape index (κ2) is 5.54. The molecule has 4 heteroatoms. The molecule has 3 nitrogen and oxygen atoms in total. The number of pyridine rings is 1. The highest BCUT2D eigenvalue weighted by molar-refractivity contribution is 5.94. The van der Waals surface area contributed by atoms with E-state index >= 15 is 0 Å². The molecule has 1 heterocycles. The molecule has 0 radical (unpaired) electrons. The van der Waals surface area contributed by atoms with Crippen molar-refractivity contribution in [2.75, 3.05) is 0 Å². The Bertz CT molecular complexity index is 262. The molecular formula is C9H13ClN2O. The van der Waals surface area contributed by atoms with Gasteiger partial charge in [0.15, 0.2) is 0 Å². The van der Waals surface area contributed by atoms with Crippen molar-refractivity contribution < 1.29 is 4.79 Å². The molecule has 0 saturated carbocycles. The van der Waals surface area contributed by atoms with Gasteiger partial charge in [-0.1, -0.05) is 0 Å². The summed E-state index contributed by atoms with van der Waals surface area (Å²) in [5, 5.41) is 2.79. The lowest BCUT2D eigenvalue weighted by Gasteiger charge is -2.07. The second-order valence-corrected chi connectivity index (χ2v) is 2.86. The third kappa shape index (κ3) is 3.90. The number of rotatable bonds is 2. The first-order valence-corrected chi connectivity index (χ1v) is 3.91. The van der Waals surface area contributed by atoms with Crippen molar-refractivity contribution in [1.29, 1.82) is 0 Å². The summed E-state index contributed by atoms with van der Waals surface area (Å²) in [7, 11) is 0. The molecule has 13 heavy (non-hydrogen) atoms. The van der Waals surface area contributed by atoms with Crippen LogP contribution in [-0.2, 0) is 0 Å². The van der Waals surface area contributed by atoms with E-state index in [1.165, 1.54) is 0 Å². The molecule has 1 N–H and O–H groups in total. The van der Waals surface area contributed by atoms with Crippen LogP contribution in [0.5, 0.6) is 0 Å². The molecule has 0 aromatic carbocycles. The van der Waals surface area contributed by atoms with Crippen molar-refractivity contribution in [3.05, 3.63) is 30.1 Å². The molecule has 0 spiro atoms. The van der Waals surface area contributed by atoms with Gasteiger partial charge in [0.2, 0.25) is 0 Å². The van der Waals surface area contributed by atoms with Crippen LogP contribution in [0.3, 0.4) is 0 Å². The molecule has 0 aliphatic carbocycles. The number of nitrogens with zero attached hydrogens (tertiary/aromatic N) is 1. The van der Waals surface area contributed by atoms with Gasteiger partial charge in [-0.15, -0.1) is 12.4 Å². The van der Waals surface area contributed by atoms with E-state index in [0.717, 1.165) is 0 Å². The predicted octanol–water partition coefficient (Wildman–Crippen LogP) is 1.64. The third-order valence-corrected chi connectivity index (χ3v) is 1.36. The Kier molecular flexibility index (Phi) is 5.07. The minimum absolute atomic E-state index is 0. The van der Waals surface area contributed by atoms with Crippen molar-refractivity contribution in [3.8, 4) is 0 Å². The number of aromatic nitrogens is 1. The van der Waals surface area contributed by atoms with E-state index in [9.17, 15) is 4.79 Å².